The number of rotatable bonds is 10. The van der Waals surface area contributed by atoms with Gasteiger partial charge in [0.25, 0.3) is 11.8 Å². The van der Waals surface area contributed by atoms with E-state index in [0.717, 1.165) is 14.3 Å². The number of nitrogens with zero attached hydrogens (tertiary/aromatic N) is 2. The van der Waals surface area contributed by atoms with E-state index in [1.165, 1.54) is 9.80 Å². The summed E-state index contributed by atoms with van der Waals surface area (Å²) in [5, 5.41) is 21.7. The van der Waals surface area contributed by atoms with E-state index in [2.05, 4.69) is 136 Å². The van der Waals surface area contributed by atoms with Crippen LogP contribution in [0.3, 0.4) is 0 Å². The molecule has 0 aliphatic heterocycles. The largest absolute Gasteiger partial charge is 2.00 e. The molecular formula is C32H24CaI6N4O6. The van der Waals surface area contributed by atoms with Crippen molar-refractivity contribution in [2.24, 2.45) is 0 Å². The molecule has 10 nitrogen and oxygen atoms in total. The smallest absolute Gasteiger partial charge is 0.550 e. The summed E-state index contributed by atoms with van der Waals surface area (Å²) >= 11 is 12.6. The van der Waals surface area contributed by atoms with Crippen LogP contribution in [0, 0.1) is 21.4 Å². The van der Waals surface area contributed by atoms with Crippen LogP contribution in [0.4, 0.5) is 22.7 Å². The van der Waals surface area contributed by atoms with Crippen LogP contribution in [0.1, 0.15) is 33.6 Å². The van der Waals surface area contributed by atoms with Crippen LogP contribution >= 0.6 is 136 Å². The van der Waals surface area contributed by atoms with Gasteiger partial charge in [-0.25, -0.2) is 0 Å². The summed E-state index contributed by atoms with van der Waals surface area (Å²) in [5.41, 5.74) is 15.4. The molecule has 17 heteroatoms. The first kappa shape index (κ1) is 45.2. The molecule has 0 bridgehead atoms. The summed E-state index contributed by atoms with van der Waals surface area (Å²) in [6.07, 6.45) is -0.485. The minimum absolute atomic E-state index is 0. The van der Waals surface area contributed by atoms with Crippen molar-refractivity contribution in [2.45, 2.75) is 12.8 Å². The van der Waals surface area contributed by atoms with E-state index in [1.54, 1.807) is 48.5 Å². The van der Waals surface area contributed by atoms with Crippen LogP contribution in [0.15, 0.2) is 72.8 Å². The minimum Gasteiger partial charge on any atom is -0.550 e. The molecule has 4 aromatic rings. The number of carboxylic acids is 2. The van der Waals surface area contributed by atoms with Crippen LogP contribution in [0.25, 0.3) is 0 Å². The monoisotopic (exact) mass is 1360 g/mol. The fraction of sp³-hybridized carbons (Fsp3) is 0.125. The van der Waals surface area contributed by atoms with Gasteiger partial charge >= 0.3 is 37.7 Å². The van der Waals surface area contributed by atoms with E-state index >= 15 is 0 Å². The molecule has 252 valence electrons. The van der Waals surface area contributed by atoms with Crippen molar-refractivity contribution >= 4 is 220 Å². The third-order valence-electron chi connectivity index (χ3n) is 6.54. The topological polar surface area (TPSA) is 173 Å². The number of benzene rings is 4. The van der Waals surface area contributed by atoms with E-state index in [1.807, 2.05) is 24.3 Å². The van der Waals surface area contributed by atoms with Crippen molar-refractivity contribution in [3.8, 4) is 0 Å². The minimum atomic E-state index is -1.20. The van der Waals surface area contributed by atoms with E-state index in [-0.39, 0.29) is 75.5 Å². The Hall–Kier alpha value is -0.000260. The Bertz CT molecular complexity index is 1700. The zero-order valence-corrected chi connectivity index (χ0v) is 40.4. The number of halogens is 6. The number of anilines is 4. The number of nitrogen functional groups attached to an aromatic ring is 2. The fourth-order valence-electron chi connectivity index (χ4n) is 4.19. The third kappa shape index (κ3) is 12.5. The quantitative estimate of drug-likeness (QED) is 0.122. The second-order valence-electron chi connectivity index (χ2n) is 9.71. The maximum Gasteiger partial charge on any atom is 2.00 e. The summed E-state index contributed by atoms with van der Waals surface area (Å²) < 4.78 is 4.63. The number of carboxylic acid groups (broad SMARTS) is 2. The predicted octanol–water partition coefficient (Wildman–Crippen LogP) is 5.36. The van der Waals surface area contributed by atoms with Crippen LogP contribution in [0.2, 0.25) is 0 Å². The van der Waals surface area contributed by atoms with Crippen molar-refractivity contribution in [3.05, 3.63) is 105 Å². The number of nitrogens with two attached hydrogens (primary N) is 2. The summed E-state index contributed by atoms with van der Waals surface area (Å²) in [5.74, 6) is -2.95. The molecule has 0 saturated carbocycles. The van der Waals surface area contributed by atoms with Crippen molar-refractivity contribution in [2.75, 3.05) is 34.4 Å². The second kappa shape index (κ2) is 21.6. The molecule has 0 saturated heterocycles. The molecule has 0 atom stereocenters. The second-order valence-corrected chi connectivity index (χ2v) is 16.5. The Morgan fingerprint density at radius 1 is 0.551 bits per heavy atom. The Morgan fingerprint density at radius 3 is 1.14 bits per heavy atom. The van der Waals surface area contributed by atoms with Crippen molar-refractivity contribution in [1.29, 1.82) is 0 Å². The van der Waals surface area contributed by atoms with Crippen LogP contribution in [-0.4, -0.2) is 74.6 Å². The van der Waals surface area contributed by atoms with Gasteiger partial charge in [0, 0.05) is 63.5 Å². The standard InChI is InChI=1S/2C16H13I3N2O3.Ca/c2*17-10-8-11(18)15(20)14(19)13(10)16(24)21(7-6-12(22)23)9-4-2-1-3-5-9;/h2*1-5,8H,6-7,20H2,(H,22,23);/q;;+2/p-2. The van der Waals surface area contributed by atoms with Gasteiger partial charge in [0.15, 0.2) is 0 Å². The zero-order chi connectivity index (χ0) is 35.7. The van der Waals surface area contributed by atoms with E-state index in [4.69, 9.17) is 11.5 Å². The Morgan fingerprint density at radius 2 is 0.857 bits per heavy atom. The molecule has 49 heavy (non-hydrogen) atoms. The van der Waals surface area contributed by atoms with Crippen LogP contribution in [0.5, 0.6) is 0 Å². The van der Waals surface area contributed by atoms with Gasteiger partial charge in [0.2, 0.25) is 0 Å². The Balaban J connectivity index is 0.000000333. The summed E-state index contributed by atoms with van der Waals surface area (Å²) in [6.45, 7) is 0.0620. The molecule has 0 aliphatic rings. The molecule has 4 rings (SSSR count). The maximum absolute atomic E-state index is 13.1. The Labute approximate surface area is 395 Å². The number of hydrogen-bond donors (Lipinski definition) is 2. The first-order chi connectivity index (χ1) is 22.6. The number of carbonyl (C=O) groups excluding carboxylic acids is 4. The van der Waals surface area contributed by atoms with Gasteiger partial charge in [-0.05, 0) is 172 Å². The number of carbonyl (C=O) groups is 4. The first-order valence-electron chi connectivity index (χ1n) is 13.6. The summed E-state index contributed by atoms with van der Waals surface area (Å²) in [6, 6.07) is 21.6. The van der Waals surface area contributed by atoms with Gasteiger partial charge in [-0.15, -0.1) is 0 Å². The average molecular weight is 1360 g/mol. The number of amides is 2. The fourth-order valence-corrected chi connectivity index (χ4v) is 11.9. The SMILES string of the molecule is Nc1c(I)cc(I)c(C(=O)N(CCC(=O)[O-])c2ccccc2)c1I.Nc1c(I)cc(I)c(C(=O)N(CCC(=O)[O-])c2ccccc2)c1I.[Ca+2]. The number of aliphatic carboxylic acids is 2. The van der Waals surface area contributed by atoms with Gasteiger partial charge in [0.05, 0.1) is 29.6 Å². The van der Waals surface area contributed by atoms with Gasteiger partial charge in [-0.1, -0.05) is 36.4 Å². The van der Waals surface area contributed by atoms with E-state index < -0.39 is 11.9 Å². The van der Waals surface area contributed by atoms with Gasteiger partial charge in [-0.3, -0.25) is 9.59 Å². The third-order valence-corrected chi connectivity index (χ3v) is 12.3. The molecule has 0 heterocycles. The normalized spacial score (nSPS) is 10.2. The van der Waals surface area contributed by atoms with E-state index in [0.29, 0.717) is 41.0 Å². The first-order valence-corrected chi connectivity index (χ1v) is 20.1. The zero-order valence-electron chi connectivity index (χ0n) is 25.2. The molecule has 0 aromatic heterocycles. The van der Waals surface area contributed by atoms with Crippen LogP contribution < -0.4 is 31.5 Å². The summed E-state index contributed by atoms with van der Waals surface area (Å²) in [7, 11) is 0. The van der Waals surface area contributed by atoms with Crippen molar-refractivity contribution in [1.82, 2.24) is 0 Å². The predicted molar refractivity (Wildman–Crippen MR) is 239 cm³/mol. The Kier molecular flexibility index (Phi) is 19.9. The maximum atomic E-state index is 13.1. The van der Waals surface area contributed by atoms with Crippen molar-refractivity contribution in [3.63, 3.8) is 0 Å². The molecular weight excluding hydrogens is 1340 g/mol. The molecule has 4 aromatic carbocycles. The average Bonchev–Trinajstić information content (AvgIpc) is 3.04. The van der Waals surface area contributed by atoms with Crippen molar-refractivity contribution < 1.29 is 29.4 Å². The molecule has 0 fully saturated rings. The van der Waals surface area contributed by atoms with Crippen LogP contribution in [-0.2, 0) is 9.59 Å². The number of para-hydroxylation sites is 2. The van der Waals surface area contributed by atoms with Gasteiger partial charge in [-0.2, -0.15) is 0 Å². The summed E-state index contributed by atoms with van der Waals surface area (Å²) in [4.78, 5) is 50.8. The molecule has 2 amide bonds. The molecule has 0 radical (unpaired) electrons. The molecule has 0 spiro atoms. The molecule has 4 N–H and O–H groups in total. The molecule has 0 unspecified atom stereocenters. The molecule has 0 aliphatic carbocycles. The number of hydrogen-bond acceptors (Lipinski definition) is 8. The van der Waals surface area contributed by atoms with E-state index in [9.17, 15) is 29.4 Å². The van der Waals surface area contributed by atoms with Gasteiger partial charge < -0.3 is 41.1 Å². The van der Waals surface area contributed by atoms with Gasteiger partial charge in [0.1, 0.15) is 0 Å².